The summed E-state index contributed by atoms with van der Waals surface area (Å²) in [5.74, 6) is 1.47. The average Bonchev–Trinajstić information content (AvgIpc) is 2.87. The van der Waals surface area contributed by atoms with Crippen LogP contribution in [-0.2, 0) is 0 Å². The van der Waals surface area contributed by atoms with Crippen LogP contribution in [0.3, 0.4) is 0 Å². The Bertz CT molecular complexity index is 457. The van der Waals surface area contributed by atoms with Crippen LogP contribution in [0, 0.1) is 0 Å². The van der Waals surface area contributed by atoms with Gasteiger partial charge in [-0.25, -0.2) is 4.98 Å². The highest BCUT2D eigenvalue weighted by atomic mass is 16.4. The third kappa shape index (κ3) is 1.00. The van der Waals surface area contributed by atoms with Gasteiger partial charge in [-0.15, -0.1) is 0 Å². The Balaban J connectivity index is 2.26. The SMILES string of the molecule is Oc1cccc2oc(C3CC3)nc12. The normalized spacial score (nSPS) is 16.6. The van der Waals surface area contributed by atoms with Crippen LogP contribution in [-0.4, -0.2) is 10.1 Å². The van der Waals surface area contributed by atoms with Crippen molar-refractivity contribution in [1.82, 2.24) is 4.98 Å². The molecule has 0 aliphatic heterocycles. The zero-order chi connectivity index (χ0) is 8.84. The second-order valence-corrected chi connectivity index (χ2v) is 3.45. The lowest BCUT2D eigenvalue weighted by Gasteiger charge is -1.87. The maximum absolute atomic E-state index is 9.46. The predicted octanol–water partition coefficient (Wildman–Crippen LogP) is 2.41. The molecule has 3 heteroatoms. The zero-order valence-electron chi connectivity index (χ0n) is 7.03. The summed E-state index contributed by atoms with van der Waals surface area (Å²) in [5.41, 5.74) is 1.27. The number of fused-ring (bicyclic) bond motifs is 1. The molecule has 0 atom stereocenters. The predicted molar refractivity (Wildman–Crippen MR) is 47.6 cm³/mol. The molecular formula is C10H9NO2. The number of phenolic OH excluding ortho intramolecular Hbond substituents is 1. The molecule has 0 unspecified atom stereocenters. The van der Waals surface area contributed by atoms with Crippen molar-refractivity contribution >= 4 is 11.1 Å². The van der Waals surface area contributed by atoms with E-state index in [1.165, 1.54) is 0 Å². The topological polar surface area (TPSA) is 46.3 Å². The summed E-state index contributed by atoms with van der Waals surface area (Å²) >= 11 is 0. The van der Waals surface area contributed by atoms with E-state index in [9.17, 15) is 5.11 Å². The van der Waals surface area contributed by atoms with E-state index in [4.69, 9.17) is 4.42 Å². The Labute approximate surface area is 75.0 Å². The summed E-state index contributed by atoms with van der Waals surface area (Å²) in [7, 11) is 0. The number of benzene rings is 1. The minimum atomic E-state index is 0.202. The average molecular weight is 175 g/mol. The molecule has 1 aromatic heterocycles. The van der Waals surface area contributed by atoms with Crippen LogP contribution in [0.1, 0.15) is 24.7 Å². The standard InChI is InChI=1S/C10H9NO2/c12-7-2-1-3-8-9(7)11-10(13-8)6-4-5-6/h1-3,6,12H,4-5H2. The molecule has 1 aromatic carbocycles. The molecule has 0 radical (unpaired) electrons. The van der Waals surface area contributed by atoms with Crippen LogP contribution in [0.5, 0.6) is 5.75 Å². The lowest BCUT2D eigenvalue weighted by molar-refractivity contribution is 0.480. The molecule has 0 saturated heterocycles. The van der Waals surface area contributed by atoms with Gasteiger partial charge in [-0.3, -0.25) is 0 Å². The number of rotatable bonds is 1. The van der Waals surface area contributed by atoms with Crippen LogP contribution >= 0.6 is 0 Å². The van der Waals surface area contributed by atoms with Crippen LogP contribution in [0.15, 0.2) is 22.6 Å². The molecule has 0 spiro atoms. The summed E-state index contributed by atoms with van der Waals surface area (Å²) in [6.07, 6.45) is 2.32. The third-order valence-electron chi connectivity index (χ3n) is 2.34. The number of hydrogen-bond donors (Lipinski definition) is 1. The molecule has 1 aliphatic carbocycles. The van der Waals surface area contributed by atoms with Gasteiger partial charge in [0, 0.05) is 5.92 Å². The largest absolute Gasteiger partial charge is 0.506 e. The van der Waals surface area contributed by atoms with E-state index in [-0.39, 0.29) is 5.75 Å². The van der Waals surface area contributed by atoms with Crippen molar-refractivity contribution in [2.75, 3.05) is 0 Å². The van der Waals surface area contributed by atoms with Crippen molar-refractivity contribution in [3.05, 3.63) is 24.1 Å². The smallest absolute Gasteiger partial charge is 0.198 e. The Morgan fingerprint density at radius 2 is 2.23 bits per heavy atom. The van der Waals surface area contributed by atoms with Gasteiger partial charge in [0.25, 0.3) is 0 Å². The first kappa shape index (κ1) is 6.95. The minimum Gasteiger partial charge on any atom is -0.506 e. The number of nitrogens with zero attached hydrogens (tertiary/aromatic N) is 1. The Kier molecular flexibility index (Phi) is 1.20. The lowest BCUT2D eigenvalue weighted by Crippen LogP contribution is -1.75. The monoisotopic (exact) mass is 175 g/mol. The van der Waals surface area contributed by atoms with Crippen LogP contribution in [0.25, 0.3) is 11.1 Å². The van der Waals surface area contributed by atoms with Gasteiger partial charge in [0.15, 0.2) is 17.0 Å². The number of aromatic nitrogens is 1. The molecule has 1 aliphatic rings. The molecular weight excluding hydrogens is 166 g/mol. The first-order valence-corrected chi connectivity index (χ1v) is 4.43. The summed E-state index contributed by atoms with van der Waals surface area (Å²) < 4.78 is 5.50. The highest BCUT2D eigenvalue weighted by Crippen LogP contribution is 2.41. The fraction of sp³-hybridized carbons (Fsp3) is 0.300. The summed E-state index contributed by atoms with van der Waals surface area (Å²) in [4.78, 5) is 4.26. The number of oxazole rings is 1. The number of hydrogen-bond acceptors (Lipinski definition) is 3. The van der Waals surface area contributed by atoms with E-state index in [1.807, 2.05) is 6.07 Å². The number of phenols is 1. The third-order valence-corrected chi connectivity index (χ3v) is 2.34. The fourth-order valence-corrected chi connectivity index (χ4v) is 1.46. The maximum atomic E-state index is 9.46. The van der Waals surface area contributed by atoms with E-state index in [2.05, 4.69) is 4.98 Å². The van der Waals surface area contributed by atoms with Gasteiger partial charge in [0.1, 0.15) is 5.75 Å². The Morgan fingerprint density at radius 1 is 1.38 bits per heavy atom. The van der Waals surface area contributed by atoms with Gasteiger partial charge in [-0.05, 0) is 25.0 Å². The van der Waals surface area contributed by atoms with Gasteiger partial charge >= 0.3 is 0 Å². The van der Waals surface area contributed by atoms with Crippen molar-refractivity contribution in [2.45, 2.75) is 18.8 Å². The van der Waals surface area contributed by atoms with Crippen molar-refractivity contribution in [3.8, 4) is 5.75 Å². The Hall–Kier alpha value is -1.51. The van der Waals surface area contributed by atoms with Crippen molar-refractivity contribution in [3.63, 3.8) is 0 Å². The minimum absolute atomic E-state index is 0.202. The molecule has 1 fully saturated rings. The van der Waals surface area contributed by atoms with Crippen molar-refractivity contribution in [2.24, 2.45) is 0 Å². The van der Waals surface area contributed by atoms with Crippen LogP contribution in [0.4, 0.5) is 0 Å². The van der Waals surface area contributed by atoms with Gasteiger partial charge in [0.2, 0.25) is 0 Å². The van der Waals surface area contributed by atoms with E-state index in [0.29, 0.717) is 17.0 Å². The van der Waals surface area contributed by atoms with Crippen LogP contribution < -0.4 is 0 Å². The molecule has 13 heavy (non-hydrogen) atoms. The fourth-order valence-electron chi connectivity index (χ4n) is 1.46. The molecule has 0 bridgehead atoms. The first-order chi connectivity index (χ1) is 6.34. The second-order valence-electron chi connectivity index (χ2n) is 3.45. The van der Waals surface area contributed by atoms with E-state index < -0.39 is 0 Å². The van der Waals surface area contributed by atoms with Crippen LogP contribution in [0.2, 0.25) is 0 Å². The summed E-state index contributed by atoms with van der Waals surface area (Å²) in [5, 5.41) is 9.46. The summed E-state index contributed by atoms with van der Waals surface area (Å²) in [6, 6.07) is 5.22. The number of para-hydroxylation sites is 1. The van der Waals surface area contributed by atoms with E-state index >= 15 is 0 Å². The molecule has 3 nitrogen and oxygen atoms in total. The molecule has 0 amide bonds. The molecule has 2 aromatic rings. The molecule has 1 heterocycles. The van der Waals surface area contributed by atoms with Gasteiger partial charge in [-0.1, -0.05) is 6.07 Å². The van der Waals surface area contributed by atoms with Gasteiger partial charge in [0.05, 0.1) is 0 Å². The van der Waals surface area contributed by atoms with Crippen molar-refractivity contribution < 1.29 is 9.52 Å². The quantitative estimate of drug-likeness (QED) is 0.723. The molecule has 1 N–H and O–H groups in total. The first-order valence-electron chi connectivity index (χ1n) is 4.43. The second kappa shape index (κ2) is 2.25. The Morgan fingerprint density at radius 3 is 2.92 bits per heavy atom. The highest BCUT2D eigenvalue weighted by molar-refractivity contribution is 5.79. The number of aromatic hydroxyl groups is 1. The van der Waals surface area contributed by atoms with Gasteiger partial charge < -0.3 is 9.52 Å². The van der Waals surface area contributed by atoms with Crippen molar-refractivity contribution in [1.29, 1.82) is 0 Å². The van der Waals surface area contributed by atoms with E-state index in [0.717, 1.165) is 18.7 Å². The molecule has 66 valence electrons. The summed E-state index contributed by atoms with van der Waals surface area (Å²) in [6.45, 7) is 0. The van der Waals surface area contributed by atoms with Gasteiger partial charge in [-0.2, -0.15) is 0 Å². The van der Waals surface area contributed by atoms with E-state index in [1.54, 1.807) is 12.1 Å². The maximum Gasteiger partial charge on any atom is 0.198 e. The highest BCUT2D eigenvalue weighted by Gasteiger charge is 2.29. The lowest BCUT2D eigenvalue weighted by atomic mass is 10.3. The molecule has 1 saturated carbocycles. The zero-order valence-corrected chi connectivity index (χ0v) is 7.03. The molecule has 3 rings (SSSR count).